The van der Waals surface area contributed by atoms with Crippen LogP contribution in [-0.2, 0) is 5.33 Å². The van der Waals surface area contributed by atoms with Crippen molar-refractivity contribution in [2.24, 2.45) is 0 Å². The molecule has 2 rings (SSSR count). The maximum absolute atomic E-state index is 6.30. The number of hydrogen-bond acceptors (Lipinski definition) is 2. The van der Waals surface area contributed by atoms with Crippen molar-refractivity contribution in [3.63, 3.8) is 0 Å². The lowest BCUT2D eigenvalue weighted by Crippen LogP contribution is -1.83. The molecule has 1 aromatic heterocycles. The van der Waals surface area contributed by atoms with Gasteiger partial charge in [0.15, 0.2) is 0 Å². The lowest BCUT2D eigenvalue weighted by atomic mass is 10.2. The SMILES string of the molecule is CSc1cc2ccsc2c(CBr)c1Cl. The number of fused-ring (bicyclic) bond motifs is 1. The molecule has 0 saturated carbocycles. The highest BCUT2D eigenvalue weighted by atomic mass is 79.9. The first-order valence-electron chi connectivity index (χ1n) is 4.06. The van der Waals surface area contributed by atoms with E-state index in [1.54, 1.807) is 23.1 Å². The van der Waals surface area contributed by atoms with Crippen LogP contribution in [0.3, 0.4) is 0 Å². The van der Waals surface area contributed by atoms with Crippen molar-refractivity contribution in [3.8, 4) is 0 Å². The van der Waals surface area contributed by atoms with Crippen LogP contribution in [0.4, 0.5) is 0 Å². The van der Waals surface area contributed by atoms with Gasteiger partial charge in [-0.1, -0.05) is 27.5 Å². The monoisotopic (exact) mass is 306 g/mol. The number of benzene rings is 1. The van der Waals surface area contributed by atoms with Crippen LogP contribution in [0.2, 0.25) is 5.02 Å². The molecule has 1 heterocycles. The van der Waals surface area contributed by atoms with Crippen LogP contribution < -0.4 is 0 Å². The molecule has 0 bridgehead atoms. The molecule has 0 spiro atoms. The lowest BCUT2D eigenvalue weighted by Gasteiger charge is -2.07. The van der Waals surface area contributed by atoms with Gasteiger partial charge in [-0.15, -0.1) is 23.1 Å². The molecule has 0 atom stereocenters. The Balaban J connectivity index is 2.80. The predicted octanol–water partition coefficient (Wildman–Crippen LogP) is 5.17. The van der Waals surface area contributed by atoms with Crippen LogP contribution in [0, 0.1) is 0 Å². The van der Waals surface area contributed by atoms with Crippen LogP contribution in [0.25, 0.3) is 10.1 Å². The Labute approximate surface area is 105 Å². The first kappa shape index (κ1) is 10.8. The highest BCUT2D eigenvalue weighted by Crippen LogP contribution is 2.38. The zero-order valence-electron chi connectivity index (χ0n) is 7.51. The third-order valence-corrected chi connectivity index (χ3v) is 4.95. The Kier molecular flexibility index (Phi) is 3.42. The number of thiophene rings is 1. The summed E-state index contributed by atoms with van der Waals surface area (Å²) in [5.41, 5.74) is 1.21. The molecular weight excluding hydrogens is 300 g/mol. The number of rotatable bonds is 2. The standard InChI is InChI=1S/C10H8BrClS2/c1-13-8-4-6-2-3-14-10(6)7(5-11)9(8)12/h2-4H,5H2,1H3. The second kappa shape index (κ2) is 4.44. The molecule has 0 aliphatic rings. The van der Waals surface area contributed by atoms with Crippen LogP contribution in [0.5, 0.6) is 0 Å². The Morgan fingerprint density at radius 1 is 1.57 bits per heavy atom. The third kappa shape index (κ3) is 1.71. The molecule has 2 aromatic rings. The molecule has 0 fully saturated rings. The van der Waals surface area contributed by atoms with E-state index >= 15 is 0 Å². The molecule has 0 unspecified atom stereocenters. The highest BCUT2D eigenvalue weighted by Gasteiger charge is 2.10. The molecule has 4 heteroatoms. The predicted molar refractivity (Wildman–Crippen MR) is 71.2 cm³/mol. The lowest BCUT2D eigenvalue weighted by molar-refractivity contribution is 1.41. The van der Waals surface area contributed by atoms with Crippen molar-refractivity contribution in [3.05, 3.63) is 28.1 Å². The van der Waals surface area contributed by atoms with Crippen molar-refractivity contribution in [1.29, 1.82) is 0 Å². The summed E-state index contributed by atoms with van der Waals surface area (Å²) < 4.78 is 1.30. The number of hydrogen-bond donors (Lipinski definition) is 0. The smallest absolute Gasteiger partial charge is 0.0596 e. The first-order valence-corrected chi connectivity index (χ1v) is 7.67. The minimum atomic E-state index is 0.817. The molecule has 74 valence electrons. The van der Waals surface area contributed by atoms with Gasteiger partial charge in [0.2, 0.25) is 0 Å². The van der Waals surface area contributed by atoms with Gasteiger partial charge >= 0.3 is 0 Å². The zero-order chi connectivity index (χ0) is 10.1. The van der Waals surface area contributed by atoms with Crippen LogP contribution in [0.15, 0.2) is 22.4 Å². The van der Waals surface area contributed by atoms with Gasteiger partial charge in [-0.3, -0.25) is 0 Å². The Bertz CT molecular complexity index is 464. The van der Waals surface area contributed by atoms with Gasteiger partial charge in [-0.25, -0.2) is 0 Å². The summed E-state index contributed by atoms with van der Waals surface area (Å²) in [5, 5.41) is 5.11. The maximum Gasteiger partial charge on any atom is 0.0596 e. The molecule has 0 aliphatic heterocycles. The van der Waals surface area contributed by atoms with E-state index in [9.17, 15) is 0 Å². The summed E-state index contributed by atoms with van der Waals surface area (Å²) in [6.07, 6.45) is 2.05. The van der Waals surface area contributed by atoms with Gasteiger partial charge in [-0.05, 0) is 29.2 Å². The van der Waals surface area contributed by atoms with Gasteiger partial charge < -0.3 is 0 Å². The Morgan fingerprint density at radius 2 is 2.36 bits per heavy atom. The van der Waals surface area contributed by atoms with E-state index in [0.29, 0.717) is 0 Å². The molecule has 0 amide bonds. The van der Waals surface area contributed by atoms with Crippen LogP contribution in [0.1, 0.15) is 5.56 Å². The van der Waals surface area contributed by atoms with Crippen molar-refractivity contribution < 1.29 is 0 Å². The summed E-state index contributed by atoms with van der Waals surface area (Å²) >= 11 is 13.2. The highest BCUT2D eigenvalue weighted by molar-refractivity contribution is 9.08. The molecular formula is C10H8BrClS2. The van der Waals surface area contributed by atoms with Gasteiger partial charge in [0, 0.05) is 20.5 Å². The van der Waals surface area contributed by atoms with E-state index in [4.69, 9.17) is 11.6 Å². The largest absolute Gasteiger partial charge is 0.143 e. The minimum absolute atomic E-state index is 0.817. The summed E-state index contributed by atoms with van der Waals surface area (Å²) in [4.78, 5) is 1.16. The quantitative estimate of drug-likeness (QED) is 0.545. The van der Waals surface area contributed by atoms with E-state index in [1.165, 1.54) is 15.6 Å². The van der Waals surface area contributed by atoms with Gasteiger partial charge in [0.25, 0.3) is 0 Å². The van der Waals surface area contributed by atoms with E-state index < -0.39 is 0 Å². The van der Waals surface area contributed by atoms with Crippen LogP contribution >= 0.6 is 50.6 Å². The van der Waals surface area contributed by atoms with E-state index in [-0.39, 0.29) is 0 Å². The van der Waals surface area contributed by atoms with E-state index in [0.717, 1.165) is 15.2 Å². The van der Waals surface area contributed by atoms with Crippen molar-refractivity contribution in [2.75, 3.05) is 6.26 Å². The minimum Gasteiger partial charge on any atom is -0.143 e. The Hall–Kier alpha value is 0.300. The number of halogens is 2. The third-order valence-electron chi connectivity index (χ3n) is 2.09. The molecule has 0 N–H and O–H groups in total. The fourth-order valence-electron chi connectivity index (χ4n) is 1.40. The molecule has 14 heavy (non-hydrogen) atoms. The first-order chi connectivity index (χ1) is 6.77. The maximum atomic E-state index is 6.30. The summed E-state index contributed by atoms with van der Waals surface area (Å²) in [6, 6.07) is 4.30. The molecule has 0 radical (unpaired) electrons. The number of alkyl halides is 1. The second-order valence-electron chi connectivity index (χ2n) is 2.84. The topological polar surface area (TPSA) is 0 Å². The summed E-state index contributed by atoms with van der Waals surface area (Å²) in [7, 11) is 0. The summed E-state index contributed by atoms with van der Waals surface area (Å²) in [6.45, 7) is 0. The van der Waals surface area contributed by atoms with Crippen molar-refractivity contribution in [1.82, 2.24) is 0 Å². The molecule has 0 saturated heterocycles. The van der Waals surface area contributed by atoms with Gasteiger partial charge in [0.1, 0.15) is 0 Å². The molecule has 0 aliphatic carbocycles. The van der Waals surface area contributed by atoms with Gasteiger partial charge in [0.05, 0.1) is 5.02 Å². The molecule has 1 aromatic carbocycles. The second-order valence-corrected chi connectivity index (χ2v) is 5.55. The van der Waals surface area contributed by atoms with E-state index in [1.807, 2.05) is 0 Å². The number of thioether (sulfide) groups is 1. The molecule has 0 nitrogen and oxygen atoms in total. The Morgan fingerprint density at radius 3 is 3.00 bits per heavy atom. The van der Waals surface area contributed by atoms with E-state index in [2.05, 4.69) is 39.7 Å². The normalized spacial score (nSPS) is 11.1. The summed E-state index contributed by atoms with van der Waals surface area (Å²) in [5.74, 6) is 0. The fourth-order valence-corrected chi connectivity index (χ4v) is 4.29. The van der Waals surface area contributed by atoms with Gasteiger partial charge in [-0.2, -0.15) is 0 Å². The average molecular weight is 308 g/mol. The fraction of sp³-hybridized carbons (Fsp3) is 0.200. The average Bonchev–Trinajstić information content (AvgIpc) is 2.64. The van der Waals surface area contributed by atoms with Crippen molar-refractivity contribution in [2.45, 2.75) is 10.2 Å². The van der Waals surface area contributed by atoms with Crippen LogP contribution in [-0.4, -0.2) is 6.26 Å². The van der Waals surface area contributed by atoms with Crippen molar-refractivity contribution >= 4 is 60.7 Å². The zero-order valence-corrected chi connectivity index (χ0v) is 11.5.